The third-order valence-electron chi connectivity index (χ3n) is 8.73. The summed E-state index contributed by atoms with van der Waals surface area (Å²) in [5, 5.41) is 2.63. The van der Waals surface area contributed by atoms with E-state index in [4.69, 9.17) is 4.74 Å². The fourth-order valence-electron chi connectivity index (χ4n) is 6.87. The van der Waals surface area contributed by atoms with E-state index < -0.39 is 0 Å². The van der Waals surface area contributed by atoms with Crippen molar-refractivity contribution in [1.82, 2.24) is 0 Å². The van der Waals surface area contributed by atoms with Gasteiger partial charge in [0.05, 0.1) is 12.3 Å². The lowest BCUT2D eigenvalue weighted by atomic mass is 9.80. The lowest BCUT2D eigenvalue weighted by molar-refractivity contribution is 0.342. The molecule has 2 heteroatoms. The van der Waals surface area contributed by atoms with Crippen LogP contribution < -0.4 is 4.90 Å². The molecule has 39 heavy (non-hydrogen) atoms. The molecule has 0 saturated carbocycles. The van der Waals surface area contributed by atoms with Gasteiger partial charge in [-0.05, 0) is 81.8 Å². The minimum absolute atomic E-state index is 0.228. The van der Waals surface area contributed by atoms with Gasteiger partial charge in [-0.2, -0.15) is 0 Å². The van der Waals surface area contributed by atoms with E-state index in [-0.39, 0.29) is 12.0 Å². The summed E-state index contributed by atoms with van der Waals surface area (Å²) in [6.45, 7) is 0. The van der Waals surface area contributed by atoms with Crippen LogP contribution in [0.3, 0.4) is 0 Å². The van der Waals surface area contributed by atoms with Crippen LogP contribution in [-0.2, 0) is 4.74 Å². The zero-order valence-electron chi connectivity index (χ0n) is 21.7. The Morgan fingerprint density at radius 1 is 0.769 bits per heavy atom. The molecule has 3 atom stereocenters. The highest BCUT2D eigenvalue weighted by Crippen LogP contribution is 2.54. The SMILES string of the molecule is C1=COC2=C(C1)C1c3c(ccc4ccccc34)N(c3ccc(C4=CCC(c5ccccc5)C=C4)cc3)C1C=C2. The molecule has 4 aromatic carbocycles. The lowest BCUT2D eigenvalue weighted by Crippen LogP contribution is -2.31. The third-order valence-corrected chi connectivity index (χ3v) is 8.73. The van der Waals surface area contributed by atoms with Gasteiger partial charge < -0.3 is 9.64 Å². The highest BCUT2D eigenvalue weighted by atomic mass is 16.5. The number of ether oxygens (including phenoxy) is 1. The summed E-state index contributed by atoms with van der Waals surface area (Å²) in [7, 11) is 0. The molecular formula is C37H29NO. The molecule has 0 amide bonds. The summed E-state index contributed by atoms with van der Waals surface area (Å²) in [5.74, 6) is 1.74. The summed E-state index contributed by atoms with van der Waals surface area (Å²) in [6.07, 6.45) is 17.5. The zero-order valence-corrected chi connectivity index (χ0v) is 21.7. The first-order chi connectivity index (χ1) is 19.3. The van der Waals surface area contributed by atoms with Crippen molar-refractivity contribution in [3.63, 3.8) is 0 Å². The number of benzene rings is 4. The second-order valence-electron chi connectivity index (χ2n) is 10.8. The summed E-state index contributed by atoms with van der Waals surface area (Å²) >= 11 is 0. The van der Waals surface area contributed by atoms with Crippen molar-refractivity contribution in [2.24, 2.45) is 0 Å². The predicted molar refractivity (Wildman–Crippen MR) is 161 cm³/mol. The van der Waals surface area contributed by atoms with Crippen molar-refractivity contribution >= 4 is 27.7 Å². The van der Waals surface area contributed by atoms with E-state index >= 15 is 0 Å². The summed E-state index contributed by atoms with van der Waals surface area (Å²) in [5.41, 5.74) is 9.28. The van der Waals surface area contributed by atoms with E-state index in [1.807, 2.05) is 6.26 Å². The van der Waals surface area contributed by atoms with Gasteiger partial charge in [0.15, 0.2) is 0 Å². The molecule has 2 aliphatic heterocycles. The highest BCUT2D eigenvalue weighted by Gasteiger charge is 2.43. The Labute approximate surface area is 229 Å². The maximum Gasteiger partial charge on any atom is 0.126 e. The molecule has 2 heterocycles. The summed E-state index contributed by atoms with van der Waals surface area (Å²) < 4.78 is 5.96. The van der Waals surface area contributed by atoms with Crippen molar-refractivity contribution in [3.05, 3.63) is 162 Å². The second kappa shape index (κ2) is 9.03. The molecule has 0 spiro atoms. The number of hydrogen-bond acceptors (Lipinski definition) is 2. The Morgan fingerprint density at radius 2 is 1.62 bits per heavy atom. The monoisotopic (exact) mass is 503 g/mol. The standard InChI is InChI=1S/C37H29NO/c1-2-7-25(8-3-1)26-12-14-27(15-13-26)28-16-19-30(20-17-28)38-33-21-18-29-9-4-5-10-31(29)36(33)37-32-11-6-24-39-35(32)23-22-34(37)38/h1-10,12,14-24,26,34,37H,11,13H2. The summed E-state index contributed by atoms with van der Waals surface area (Å²) in [4.78, 5) is 2.53. The Bertz CT molecular complexity index is 1740. The van der Waals surface area contributed by atoms with Crippen LogP contribution in [0.15, 0.2) is 145 Å². The van der Waals surface area contributed by atoms with Crippen LogP contribution in [0, 0.1) is 0 Å². The minimum atomic E-state index is 0.228. The van der Waals surface area contributed by atoms with Crippen molar-refractivity contribution in [2.75, 3.05) is 4.90 Å². The number of anilines is 2. The average Bonchev–Trinajstić information content (AvgIpc) is 3.37. The van der Waals surface area contributed by atoms with Crippen LogP contribution in [0.25, 0.3) is 16.3 Å². The van der Waals surface area contributed by atoms with Crippen LogP contribution in [0.1, 0.15) is 41.4 Å². The molecule has 0 bridgehead atoms. The third kappa shape index (κ3) is 3.63. The normalized spacial score (nSPS) is 22.8. The van der Waals surface area contributed by atoms with Crippen molar-refractivity contribution in [3.8, 4) is 0 Å². The fourth-order valence-corrected chi connectivity index (χ4v) is 6.87. The molecule has 2 aliphatic carbocycles. The van der Waals surface area contributed by atoms with Crippen LogP contribution in [-0.4, -0.2) is 6.04 Å². The second-order valence-corrected chi connectivity index (χ2v) is 10.8. The number of nitrogens with zero attached hydrogens (tertiary/aromatic N) is 1. The fraction of sp³-hybridized carbons (Fsp3) is 0.135. The van der Waals surface area contributed by atoms with Gasteiger partial charge in [-0.1, -0.05) is 97.1 Å². The first kappa shape index (κ1) is 22.4. The van der Waals surface area contributed by atoms with Crippen LogP contribution in [0.2, 0.25) is 0 Å². The van der Waals surface area contributed by atoms with E-state index in [9.17, 15) is 0 Å². The quantitative estimate of drug-likeness (QED) is 0.276. The molecule has 4 aliphatic rings. The molecule has 0 N–H and O–H groups in total. The van der Waals surface area contributed by atoms with Gasteiger partial charge in [-0.15, -0.1) is 0 Å². The van der Waals surface area contributed by atoms with Gasteiger partial charge in [0, 0.05) is 23.2 Å². The Morgan fingerprint density at radius 3 is 2.46 bits per heavy atom. The molecule has 0 radical (unpaired) electrons. The van der Waals surface area contributed by atoms with E-state index in [1.54, 1.807) is 0 Å². The Hall–Kier alpha value is -4.56. The first-order valence-corrected chi connectivity index (χ1v) is 13.9. The summed E-state index contributed by atoms with van der Waals surface area (Å²) in [6, 6.07) is 33.5. The van der Waals surface area contributed by atoms with E-state index in [0.29, 0.717) is 5.92 Å². The van der Waals surface area contributed by atoms with Crippen molar-refractivity contribution in [1.29, 1.82) is 0 Å². The van der Waals surface area contributed by atoms with Gasteiger partial charge in [0.2, 0.25) is 0 Å². The maximum absolute atomic E-state index is 5.96. The van der Waals surface area contributed by atoms with E-state index in [0.717, 1.165) is 18.6 Å². The molecule has 0 fully saturated rings. The van der Waals surface area contributed by atoms with E-state index in [1.165, 1.54) is 50.0 Å². The average molecular weight is 504 g/mol. The van der Waals surface area contributed by atoms with Gasteiger partial charge in [0.25, 0.3) is 0 Å². The number of hydrogen-bond donors (Lipinski definition) is 0. The molecule has 4 aromatic rings. The Balaban J connectivity index is 1.15. The number of rotatable bonds is 3. The van der Waals surface area contributed by atoms with Crippen molar-refractivity contribution < 1.29 is 4.74 Å². The van der Waals surface area contributed by atoms with Gasteiger partial charge in [-0.3, -0.25) is 0 Å². The van der Waals surface area contributed by atoms with E-state index in [2.05, 4.69) is 132 Å². The van der Waals surface area contributed by atoms with Gasteiger partial charge in [-0.25, -0.2) is 0 Å². The molecule has 0 saturated heterocycles. The highest BCUT2D eigenvalue weighted by molar-refractivity contribution is 5.95. The van der Waals surface area contributed by atoms with Crippen LogP contribution >= 0.6 is 0 Å². The number of fused-ring (bicyclic) bond motifs is 6. The smallest absolute Gasteiger partial charge is 0.126 e. The van der Waals surface area contributed by atoms with Crippen molar-refractivity contribution in [2.45, 2.75) is 30.7 Å². The lowest BCUT2D eigenvalue weighted by Gasteiger charge is -2.33. The molecule has 2 nitrogen and oxygen atoms in total. The Kier molecular flexibility index (Phi) is 5.19. The minimum Gasteiger partial charge on any atom is -0.465 e. The van der Waals surface area contributed by atoms with Gasteiger partial charge >= 0.3 is 0 Å². The van der Waals surface area contributed by atoms with Crippen LogP contribution in [0.4, 0.5) is 11.4 Å². The molecule has 0 aromatic heterocycles. The largest absolute Gasteiger partial charge is 0.465 e. The van der Waals surface area contributed by atoms with Gasteiger partial charge in [0.1, 0.15) is 5.76 Å². The zero-order chi connectivity index (χ0) is 25.8. The first-order valence-electron chi connectivity index (χ1n) is 13.9. The molecular weight excluding hydrogens is 474 g/mol. The predicted octanol–water partition coefficient (Wildman–Crippen LogP) is 9.33. The molecule has 8 rings (SSSR count). The molecule has 188 valence electrons. The van der Waals surface area contributed by atoms with Crippen LogP contribution in [0.5, 0.6) is 0 Å². The molecule has 3 unspecified atom stereocenters. The number of allylic oxidation sites excluding steroid dienone is 6. The maximum atomic E-state index is 5.96. The topological polar surface area (TPSA) is 12.5 Å².